The van der Waals surface area contributed by atoms with E-state index >= 15 is 0 Å². The molecule has 5 heteroatoms. The van der Waals surface area contributed by atoms with Crippen molar-refractivity contribution in [2.75, 3.05) is 6.54 Å². The predicted octanol–water partition coefficient (Wildman–Crippen LogP) is 1.87. The Hall–Kier alpha value is -2.14. The number of nitrogens with one attached hydrogen (secondary N) is 1. The Morgan fingerprint density at radius 1 is 1.25 bits per heavy atom. The Labute approximate surface area is 118 Å². The topological polar surface area (TPSA) is 47.7 Å². The molecule has 0 unspecified atom stereocenters. The van der Waals surface area contributed by atoms with Gasteiger partial charge >= 0.3 is 0 Å². The van der Waals surface area contributed by atoms with E-state index in [1.165, 1.54) is 11.1 Å². The fourth-order valence-electron chi connectivity index (χ4n) is 2.34. The third-order valence-electron chi connectivity index (χ3n) is 3.44. The van der Waals surface area contributed by atoms with Crippen molar-refractivity contribution in [1.82, 2.24) is 24.6 Å². The number of imidazole rings is 1. The highest BCUT2D eigenvalue weighted by molar-refractivity contribution is 5.75. The molecule has 104 valence electrons. The van der Waals surface area contributed by atoms with E-state index in [9.17, 15) is 0 Å². The summed E-state index contributed by atoms with van der Waals surface area (Å²) in [5, 5.41) is 7.69. The summed E-state index contributed by atoms with van der Waals surface area (Å²) in [7, 11) is 2.06. The maximum absolute atomic E-state index is 4.64. The van der Waals surface area contributed by atoms with E-state index in [-0.39, 0.29) is 0 Å². The molecule has 0 aliphatic rings. The van der Waals surface area contributed by atoms with Crippen molar-refractivity contribution >= 4 is 11.0 Å². The minimum absolute atomic E-state index is 0.769. The lowest BCUT2D eigenvalue weighted by Crippen LogP contribution is -2.21. The fraction of sp³-hybridized carbons (Fsp3) is 0.333. The molecule has 2 aromatic heterocycles. The number of fused-ring (bicyclic) bond motifs is 1. The van der Waals surface area contributed by atoms with Crippen LogP contribution in [0.3, 0.4) is 0 Å². The zero-order valence-electron chi connectivity index (χ0n) is 11.9. The van der Waals surface area contributed by atoms with Gasteiger partial charge in [0.15, 0.2) is 0 Å². The molecule has 2 heterocycles. The van der Waals surface area contributed by atoms with E-state index in [1.54, 1.807) is 0 Å². The standard InChI is InChI=1S/C15H19N5/c1-12-9-17-20(11-12)8-7-16-10-15-18-13-5-3-4-6-14(13)19(15)2/h3-6,9,11,16H,7-8,10H2,1-2H3. The number of aryl methyl sites for hydroxylation is 2. The van der Waals surface area contributed by atoms with Crippen LogP contribution < -0.4 is 5.32 Å². The number of para-hydroxylation sites is 2. The largest absolute Gasteiger partial charge is 0.330 e. The molecule has 0 radical (unpaired) electrons. The highest BCUT2D eigenvalue weighted by Gasteiger charge is 2.06. The average molecular weight is 269 g/mol. The summed E-state index contributed by atoms with van der Waals surface area (Å²) >= 11 is 0. The molecule has 5 nitrogen and oxygen atoms in total. The summed E-state index contributed by atoms with van der Waals surface area (Å²) in [6, 6.07) is 8.21. The molecule has 3 rings (SSSR count). The number of hydrogen-bond acceptors (Lipinski definition) is 3. The maximum Gasteiger partial charge on any atom is 0.123 e. The Kier molecular flexibility index (Phi) is 3.52. The molecule has 0 aliphatic carbocycles. The first kappa shape index (κ1) is 12.9. The van der Waals surface area contributed by atoms with Gasteiger partial charge in [-0.2, -0.15) is 5.10 Å². The van der Waals surface area contributed by atoms with Gasteiger partial charge in [0.25, 0.3) is 0 Å². The van der Waals surface area contributed by atoms with Crippen LogP contribution in [-0.4, -0.2) is 25.9 Å². The van der Waals surface area contributed by atoms with E-state index in [1.807, 2.05) is 29.1 Å². The van der Waals surface area contributed by atoms with Crippen molar-refractivity contribution in [1.29, 1.82) is 0 Å². The first-order valence-electron chi connectivity index (χ1n) is 6.84. The van der Waals surface area contributed by atoms with Gasteiger partial charge in [-0.15, -0.1) is 0 Å². The van der Waals surface area contributed by atoms with Crippen molar-refractivity contribution in [2.45, 2.75) is 20.0 Å². The monoisotopic (exact) mass is 269 g/mol. The van der Waals surface area contributed by atoms with Crippen LogP contribution in [0.5, 0.6) is 0 Å². The van der Waals surface area contributed by atoms with E-state index in [4.69, 9.17) is 0 Å². The molecule has 0 spiro atoms. The van der Waals surface area contributed by atoms with E-state index < -0.39 is 0 Å². The van der Waals surface area contributed by atoms with Crippen molar-refractivity contribution in [3.05, 3.63) is 48.0 Å². The molecule has 0 bridgehead atoms. The van der Waals surface area contributed by atoms with E-state index in [0.29, 0.717) is 0 Å². The summed E-state index contributed by atoms with van der Waals surface area (Å²) in [5.41, 5.74) is 3.42. The molecule has 0 saturated heterocycles. The van der Waals surface area contributed by atoms with Gasteiger partial charge < -0.3 is 9.88 Å². The van der Waals surface area contributed by atoms with E-state index in [0.717, 1.165) is 31.0 Å². The number of hydrogen-bond donors (Lipinski definition) is 1. The normalized spacial score (nSPS) is 11.3. The molecule has 1 aromatic carbocycles. The van der Waals surface area contributed by atoms with Crippen LogP contribution in [0.2, 0.25) is 0 Å². The summed E-state index contributed by atoms with van der Waals surface area (Å²) in [4.78, 5) is 4.64. The Morgan fingerprint density at radius 3 is 2.85 bits per heavy atom. The van der Waals surface area contributed by atoms with Crippen molar-refractivity contribution in [3.63, 3.8) is 0 Å². The SMILES string of the molecule is Cc1cnn(CCNCc2nc3ccccc3n2C)c1. The number of rotatable bonds is 5. The third-order valence-corrected chi connectivity index (χ3v) is 3.44. The third kappa shape index (κ3) is 2.58. The molecule has 0 fully saturated rings. The molecule has 0 amide bonds. The van der Waals surface area contributed by atoms with Crippen LogP contribution in [0.4, 0.5) is 0 Å². The number of benzene rings is 1. The van der Waals surface area contributed by atoms with Crippen molar-refractivity contribution in [3.8, 4) is 0 Å². The van der Waals surface area contributed by atoms with Gasteiger partial charge in [-0.05, 0) is 24.6 Å². The molecule has 0 atom stereocenters. The molecule has 0 saturated carbocycles. The van der Waals surface area contributed by atoms with Gasteiger partial charge in [-0.3, -0.25) is 4.68 Å². The molecule has 0 aliphatic heterocycles. The van der Waals surface area contributed by atoms with Gasteiger partial charge in [0.2, 0.25) is 0 Å². The molecule has 1 N–H and O–H groups in total. The van der Waals surface area contributed by atoms with E-state index in [2.05, 4.69) is 46.2 Å². The second-order valence-electron chi connectivity index (χ2n) is 5.03. The smallest absolute Gasteiger partial charge is 0.123 e. The van der Waals surface area contributed by atoms with Crippen LogP contribution in [0, 0.1) is 6.92 Å². The minimum atomic E-state index is 0.769. The first-order valence-corrected chi connectivity index (χ1v) is 6.84. The lowest BCUT2D eigenvalue weighted by atomic mass is 10.3. The fourth-order valence-corrected chi connectivity index (χ4v) is 2.34. The van der Waals surface area contributed by atoms with Gasteiger partial charge in [-0.1, -0.05) is 12.1 Å². The van der Waals surface area contributed by atoms with Crippen molar-refractivity contribution in [2.24, 2.45) is 7.05 Å². The Bertz CT molecular complexity index is 710. The van der Waals surface area contributed by atoms with Crippen LogP contribution in [0.15, 0.2) is 36.7 Å². The molecular formula is C15H19N5. The first-order chi connectivity index (χ1) is 9.74. The Balaban J connectivity index is 1.58. The van der Waals surface area contributed by atoms with Gasteiger partial charge in [0, 0.05) is 19.8 Å². The van der Waals surface area contributed by atoms with Crippen LogP contribution in [0.25, 0.3) is 11.0 Å². The lowest BCUT2D eigenvalue weighted by molar-refractivity contribution is 0.543. The number of aromatic nitrogens is 4. The van der Waals surface area contributed by atoms with Crippen LogP contribution in [-0.2, 0) is 20.1 Å². The van der Waals surface area contributed by atoms with Gasteiger partial charge in [0.05, 0.1) is 30.3 Å². The molecule has 3 aromatic rings. The second kappa shape index (κ2) is 5.46. The summed E-state index contributed by atoms with van der Waals surface area (Å²) in [6.45, 7) is 4.57. The lowest BCUT2D eigenvalue weighted by Gasteiger charge is -2.05. The zero-order valence-corrected chi connectivity index (χ0v) is 11.9. The zero-order chi connectivity index (χ0) is 13.9. The summed E-state index contributed by atoms with van der Waals surface area (Å²) in [5.74, 6) is 1.06. The highest BCUT2D eigenvalue weighted by Crippen LogP contribution is 2.13. The predicted molar refractivity (Wildman–Crippen MR) is 79.4 cm³/mol. The molecular weight excluding hydrogens is 250 g/mol. The maximum atomic E-state index is 4.64. The van der Waals surface area contributed by atoms with Gasteiger partial charge in [0.1, 0.15) is 5.82 Å². The highest BCUT2D eigenvalue weighted by atomic mass is 15.3. The van der Waals surface area contributed by atoms with Crippen LogP contribution >= 0.6 is 0 Å². The summed E-state index contributed by atoms with van der Waals surface area (Å²) < 4.78 is 4.09. The molecule has 20 heavy (non-hydrogen) atoms. The Morgan fingerprint density at radius 2 is 2.10 bits per heavy atom. The van der Waals surface area contributed by atoms with Crippen LogP contribution in [0.1, 0.15) is 11.4 Å². The second-order valence-corrected chi connectivity index (χ2v) is 5.03. The van der Waals surface area contributed by atoms with Gasteiger partial charge in [-0.25, -0.2) is 4.98 Å². The minimum Gasteiger partial charge on any atom is -0.330 e. The average Bonchev–Trinajstić information content (AvgIpc) is 3.00. The summed E-state index contributed by atoms with van der Waals surface area (Å²) in [6.07, 6.45) is 3.93. The van der Waals surface area contributed by atoms with Crippen molar-refractivity contribution < 1.29 is 0 Å². The number of nitrogens with zero attached hydrogens (tertiary/aromatic N) is 4. The quantitative estimate of drug-likeness (QED) is 0.719.